The van der Waals surface area contributed by atoms with Gasteiger partial charge in [0.05, 0.1) is 16.8 Å². The third-order valence-electron chi connectivity index (χ3n) is 6.89. The Morgan fingerprint density at radius 3 is 2.51 bits per heavy atom. The first kappa shape index (κ1) is 26.6. The van der Waals surface area contributed by atoms with Gasteiger partial charge in [0, 0.05) is 37.3 Å². The fourth-order valence-corrected chi connectivity index (χ4v) is 6.07. The predicted molar refractivity (Wildman–Crippen MR) is 147 cm³/mol. The van der Waals surface area contributed by atoms with E-state index in [1.54, 1.807) is 23.4 Å². The first-order valence-corrected chi connectivity index (χ1v) is 14.1. The zero-order chi connectivity index (χ0) is 26.7. The summed E-state index contributed by atoms with van der Waals surface area (Å²) in [6.07, 6.45) is 4.91. The first-order chi connectivity index (χ1) is 17.6. The summed E-state index contributed by atoms with van der Waals surface area (Å²) < 4.78 is 26.1. The lowest BCUT2D eigenvalue weighted by Crippen LogP contribution is -2.38. The van der Waals surface area contributed by atoms with Crippen LogP contribution in [0.25, 0.3) is 22.0 Å². The number of aromatic amines is 1. The van der Waals surface area contributed by atoms with E-state index in [0.29, 0.717) is 43.6 Å². The number of nitrogens with two attached hydrogens (primary N) is 1. The van der Waals surface area contributed by atoms with Crippen LogP contribution >= 0.6 is 0 Å². The zero-order valence-electron chi connectivity index (χ0n) is 21.5. The summed E-state index contributed by atoms with van der Waals surface area (Å²) in [5.74, 6) is -0.384. The second-order valence-electron chi connectivity index (χ2n) is 9.77. The van der Waals surface area contributed by atoms with Crippen molar-refractivity contribution in [3.8, 4) is 11.1 Å². The Morgan fingerprint density at radius 2 is 1.86 bits per heavy atom. The van der Waals surface area contributed by atoms with Gasteiger partial charge in [0.15, 0.2) is 0 Å². The number of amides is 2. The number of carbonyl (C=O) groups excluding carboxylic acids is 2. The average molecular weight is 523 g/mol. The standard InChI is InChI=1S/C28H34N4O4S/c1-4-37(35,36)32-10-8-20(9-11-32)25-17-31-27-23(25)14-22(15-24(27)28(29)34)21-7-5-6-19(13-21)16-30-26(33)12-18(2)3/h5-7,12-15,17,20,31H,4,8-11,16H2,1-3H3,(H2,29,34)(H,30,33). The molecule has 196 valence electrons. The van der Waals surface area contributed by atoms with Crippen LogP contribution in [0.5, 0.6) is 0 Å². The molecule has 1 saturated heterocycles. The summed E-state index contributed by atoms with van der Waals surface area (Å²) in [5, 5.41) is 3.81. The highest BCUT2D eigenvalue weighted by Gasteiger charge is 2.29. The second kappa shape index (κ2) is 10.9. The maximum absolute atomic E-state index is 12.4. The van der Waals surface area contributed by atoms with Crippen molar-refractivity contribution in [3.05, 3.63) is 70.9 Å². The molecule has 4 rings (SSSR count). The SMILES string of the molecule is CCS(=O)(=O)N1CCC(c2c[nH]c3c(C(N)=O)cc(-c4cccc(CNC(=O)C=C(C)C)c4)cc23)CC1. The molecular weight excluding hydrogens is 488 g/mol. The van der Waals surface area contributed by atoms with E-state index in [1.165, 1.54) is 0 Å². The minimum absolute atomic E-state index is 0.105. The van der Waals surface area contributed by atoms with E-state index in [9.17, 15) is 18.0 Å². The summed E-state index contributed by atoms with van der Waals surface area (Å²) in [5.41, 5.74) is 11.6. The lowest BCUT2D eigenvalue weighted by molar-refractivity contribution is -0.116. The van der Waals surface area contributed by atoms with Gasteiger partial charge in [-0.1, -0.05) is 23.8 Å². The van der Waals surface area contributed by atoms with E-state index in [2.05, 4.69) is 16.4 Å². The Labute approximate surface area is 218 Å². The number of hydrogen-bond acceptors (Lipinski definition) is 4. The Bertz CT molecular complexity index is 1460. The highest BCUT2D eigenvalue weighted by molar-refractivity contribution is 7.89. The number of piperidine rings is 1. The summed E-state index contributed by atoms with van der Waals surface area (Å²) in [7, 11) is -3.20. The number of nitrogens with one attached hydrogen (secondary N) is 2. The van der Waals surface area contributed by atoms with Crippen molar-refractivity contribution in [3.63, 3.8) is 0 Å². The summed E-state index contributed by atoms with van der Waals surface area (Å²) in [6.45, 7) is 6.76. The number of nitrogens with zero attached hydrogens (tertiary/aromatic N) is 1. The van der Waals surface area contributed by atoms with Gasteiger partial charge in [0.25, 0.3) is 5.91 Å². The van der Waals surface area contributed by atoms with E-state index in [0.717, 1.165) is 33.2 Å². The molecular formula is C28H34N4O4S. The molecule has 0 atom stereocenters. The fourth-order valence-electron chi connectivity index (χ4n) is 4.94. The van der Waals surface area contributed by atoms with E-state index < -0.39 is 15.9 Å². The van der Waals surface area contributed by atoms with Gasteiger partial charge in [-0.2, -0.15) is 0 Å². The van der Waals surface area contributed by atoms with Crippen LogP contribution in [0.4, 0.5) is 0 Å². The summed E-state index contributed by atoms with van der Waals surface area (Å²) in [6, 6.07) is 11.7. The van der Waals surface area contributed by atoms with Gasteiger partial charge < -0.3 is 16.0 Å². The molecule has 4 N–H and O–H groups in total. The van der Waals surface area contributed by atoms with Gasteiger partial charge in [-0.05, 0) is 80.0 Å². The van der Waals surface area contributed by atoms with Gasteiger partial charge in [0.1, 0.15) is 0 Å². The van der Waals surface area contributed by atoms with Crippen LogP contribution in [0.3, 0.4) is 0 Å². The molecule has 0 unspecified atom stereocenters. The molecule has 0 saturated carbocycles. The molecule has 0 aliphatic carbocycles. The molecule has 2 amide bonds. The molecule has 1 aliphatic rings. The fraction of sp³-hybridized carbons (Fsp3) is 0.357. The number of fused-ring (bicyclic) bond motifs is 1. The first-order valence-electron chi connectivity index (χ1n) is 12.5. The normalized spacial score (nSPS) is 15.0. The number of carbonyl (C=O) groups is 2. The number of benzene rings is 2. The molecule has 2 aromatic carbocycles. The third kappa shape index (κ3) is 5.94. The maximum atomic E-state index is 12.4. The smallest absolute Gasteiger partial charge is 0.250 e. The quantitative estimate of drug-likeness (QED) is 0.386. The molecule has 8 nitrogen and oxygen atoms in total. The highest BCUT2D eigenvalue weighted by atomic mass is 32.2. The van der Waals surface area contributed by atoms with Crippen LogP contribution in [0.2, 0.25) is 0 Å². The monoisotopic (exact) mass is 522 g/mol. The zero-order valence-corrected chi connectivity index (χ0v) is 22.3. The number of allylic oxidation sites excluding steroid dienone is 1. The molecule has 0 spiro atoms. The molecule has 1 aliphatic heterocycles. The molecule has 37 heavy (non-hydrogen) atoms. The minimum atomic E-state index is -3.20. The van der Waals surface area contributed by atoms with Crippen molar-refractivity contribution >= 4 is 32.7 Å². The second-order valence-corrected chi connectivity index (χ2v) is 12.0. The van der Waals surface area contributed by atoms with Crippen LogP contribution in [0.15, 0.2) is 54.2 Å². The van der Waals surface area contributed by atoms with E-state index in [4.69, 9.17) is 5.73 Å². The maximum Gasteiger partial charge on any atom is 0.250 e. The number of sulfonamides is 1. The summed E-state index contributed by atoms with van der Waals surface area (Å²) >= 11 is 0. The topological polar surface area (TPSA) is 125 Å². The molecule has 3 aromatic rings. The van der Waals surface area contributed by atoms with Crippen LogP contribution in [-0.2, 0) is 21.4 Å². The van der Waals surface area contributed by atoms with Crippen molar-refractivity contribution in [2.45, 2.75) is 46.1 Å². The molecule has 0 bridgehead atoms. The molecule has 0 radical (unpaired) electrons. The number of aromatic nitrogens is 1. The van der Waals surface area contributed by atoms with Crippen LogP contribution in [0, 0.1) is 0 Å². The van der Waals surface area contributed by atoms with Gasteiger partial charge in [-0.3, -0.25) is 9.59 Å². The Kier molecular flexibility index (Phi) is 7.85. The van der Waals surface area contributed by atoms with Gasteiger partial charge >= 0.3 is 0 Å². The molecule has 1 fully saturated rings. The van der Waals surface area contributed by atoms with Gasteiger partial charge in [0.2, 0.25) is 15.9 Å². The number of primary amides is 1. The van der Waals surface area contributed by atoms with Crippen molar-refractivity contribution < 1.29 is 18.0 Å². The highest BCUT2D eigenvalue weighted by Crippen LogP contribution is 2.37. The minimum Gasteiger partial charge on any atom is -0.366 e. The van der Waals surface area contributed by atoms with E-state index >= 15 is 0 Å². The van der Waals surface area contributed by atoms with Gasteiger partial charge in [-0.25, -0.2) is 12.7 Å². The largest absolute Gasteiger partial charge is 0.366 e. The Hall–Kier alpha value is -3.43. The lowest BCUT2D eigenvalue weighted by atomic mass is 9.88. The van der Waals surface area contributed by atoms with Crippen LogP contribution in [0.1, 0.15) is 61.0 Å². The van der Waals surface area contributed by atoms with Crippen molar-refractivity contribution in [1.29, 1.82) is 0 Å². The van der Waals surface area contributed by atoms with Crippen molar-refractivity contribution in [2.24, 2.45) is 5.73 Å². The number of hydrogen-bond donors (Lipinski definition) is 3. The third-order valence-corrected chi connectivity index (χ3v) is 8.77. The Balaban J connectivity index is 1.65. The number of H-pyrrole nitrogens is 1. The van der Waals surface area contributed by atoms with Crippen LogP contribution < -0.4 is 11.1 Å². The molecule has 1 aromatic heterocycles. The lowest BCUT2D eigenvalue weighted by Gasteiger charge is -2.31. The molecule has 2 heterocycles. The predicted octanol–water partition coefficient (Wildman–Crippen LogP) is 4.05. The van der Waals surface area contributed by atoms with Crippen LogP contribution in [-0.4, -0.2) is 48.4 Å². The number of rotatable bonds is 8. The average Bonchev–Trinajstić information content (AvgIpc) is 3.30. The van der Waals surface area contributed by atoms with Gasteiger partial charge in [-0.15, -0.1) is 0 Å². The summed E-state index contributed by atoms with van der Waals surface area (Å²) in [4.78, 5) is 27.6. The van der Waals surface area contributed by atoms with E-state index in [-0.39, 0.29) is 17.6 Å². The van der Waals surface area contributed by atoms with E-state index in [1.807, 2.05) is 44.3 Å². The Morgan fingerprint density at radius 1 is 1.14 bits per heavy atom. The van der Waals surface area contributed by atoms with Crippen molar-refractivity contribution in [2.75, 3.05) is 18.8 Å². The van der Waals surface area contributed by atoms with Crippen molar-refractivity contribution in [1.82, 2.24) is 14.6 Å². The molecule has 9 heteroatoms.